The third-order valence-corrected chi connectivity index (χ3v) is 10.8. The Bertz CT molecular complexity index is 2470. The monoisotopic (exact) mass is 681 g/mol. The molecule has 1 aromatic heterocycles. The van der Waals surface area contributed by atoms with E-state index in [1.54, 1.807) is 0 Å². The Kier molecular flexibility index (Phi) is 8.09. The van der Waals surface area contributed by atoms with Gasteiger partial charge in [-0.15, -0.1) is 0 Å². The van der Waals surface area contributed by atoms with Gasteiger partial charge in [0, 0.05) is 28.3 Å². The molecule has 7 aromatic carbocycles. The first kappa shape index (κ1) is 32.4. The van der Waals surface area contributed by atoms with Gasteiger partial charge in [0.05, 0.1) is 0 Å². The summed E-state index contributed by atoms with van der Waals surface area (Å²) in [6.45, 7) is 6.69. The molecule has 2 nitrogen and oxygen atoms in total. The molecule has 9 rings (SSSR count). The molecule has 53 heavy (non-hydrogen) atoms. The Morgan fingerprint density at radius 1 is 0.415 bits per heavy atom. The lowest BCUT2D eigenvalue weighted by molar-refractivity contribution is 0.403. The van der Waals surface area contributed by atoms with Crippen molar-refractivity contribution in [2.24, 2.45) is 0 Å². The van der Waals surface area contributed by atoms with Crippen molar-refractivity contribution >= 4 is 0 Å². The molecule has 0 fully saturated rings. The molecule has 0 unspecified atom stereocenters. The third kappa shape index (κ3) is 5.64. The second kappa shape index (κ2) is 13.2. The van der Waals surface area contributed by atoms with Crippen molar-refractivity contribution in [1.29, 1.82) is 0 Å². The molecule has 0 saturated heterocycles. The molecule has 2 heterocycles. The zero-order valence-corrected chi connectivity index (χ0v) is 30.2. The first-order valence-corrected chi connectivity index (χ1v) is 18.3. The van der Waals surface area contributed by atoms with Gasteiger partial charge in [-0.3, -0.25) is 0 Å². The summed E-state index contributed by atoms with van der Waals surface area (Å²) in [5.74, 6) is 1.57. The summed E-state index contributed by atoms with van der Waals surface area (Å²) >= 11 is 0. The van der Waals surface area contributed by atoms with Gasteiger partial charge in [-0.25, -0.2) is 4.98 Å². The molecule has 1 aliphatic heterocycles. The minimum absolute atomic E-state index is 0.250. The minimum Gasteiger partial charge on any atom is -0.438 e. The highest BCUT2D eigenvalue weighted by molar-refractivity contribution is 6.07. The van der Waals surface area contributed by atoms with E-state index in [1.807, 2.05) is 12.3 Å². The largest absolute Gasteiger partial charge is 0.438 e. The number of benzene rings is 7. The fourth-order valence-corrected chi connectivity index (χ4v) is 8.10. The minimum atomic E-state index is -0.250. The van der Waals surface area contributed by atoms with Gasteiger partial charge in [0.1, 0.15) is 5.75 Å². The van der Waals surface area contributed by atoms with Crippen LogP contribution in [-0.2, 0) is 5.41 Å². The summed E-state index contributed by atoms with van der Waals surface area (Å²) in [6, 6.07) is 63.4. The smallest absolute Gasteiger partial charge is 0.223 e. The second-order valence-electron chi connectivity index (χ2n) is 14.4. The maximum Gasteiger partial charge on any atom is 0.223 e. The second-order valence-corrected chi connectivity index (χ2v) is 14.4. The molecule has 0 aliphatic carbocycles. The molecule has 0 radical (unpaired) electrons. The van der Waals surface area contributed by atoms with E-state index in [1.165, 1.54) is 61.2 Å². The van der Waals surface area contributed by atoms with Crippen LogP contribution in [0.15, 0.2) is 182 Å². The van der Waals surface area contributed by atoms with E-state index in [9.17, 15) is 0 Å². The van der Waals surface area contributed by atoms with Crippen LogP contribution in [0.25, 0.3) is 66.8 Å². The molecule has 0 N–H and O–H groups in total. The van der Waals surface area contributed by atoms with Gasteiger partial charge in [-0.2, -0.15) is 0 Å². The Morgan fingerprint density at radius 3 is 1.38 bits per heavy atom. The number of rotatable bonds is 6. The lowest BCUT2D eigenvalue weighted by Crippen LogP contribution is -2.25. The zero-order valence-electron chi connectivity index (χ0n) is 30.2. The van der Waals surface area contributed by atoms with Crippen LogP contribution in [0.1, 0.15) is 30.5 Å². The van der Waals surface area contributed by atoms with Crippen LogP contribution in [0.2, 0.25) is 0 Å². The van der Waals surface area contributed by atoms with Crippen molar-refractivity contribution < 1.29 is 4.74 Å². The summed E-state index contributed by atoms with van der Waals surface area (Å²) in [5, 5.41) is 0. The highest BCUT2D eigenvalue weighted by atomic mass is 16.5. The van der Waals surface area contributed by atoms with Crippen molar-refractivity contribution in [3.05, 3.63) is 199 Å². The number of aryl methyl sites for hydroxylation is 1. The first-order chi connectivity index (χ1) is 26.0. The molecule has 0 spiro atoms. The van der Waals surface area contributed by atoms with Crippen molar-refractivity contribution in [2.45, 2.75) is 26.2 Å². The van der Waals surface area contributed by atoms with E-state index in [0.29, 0.717) is 5.88 Å². The highest BCUT2D eigenvalue weighted by Crippen LogP contribution is 2.53. The normalized spacial score (nSPS) is 12.7. The van der Waals surface area contributed by atoms with E-state index in [4.69, 9.17) is 4.74 Å². The van der Waals surface area contributed by atoms with E-state index < -0.39 is 0 Å². The molecule has 2 heteroatoms. The lowest BCUT2D eigenvalue weighted by Gasteiger charge is -2.35. The number of ether oxygens (including phenoxy) is 1. The van der Waals surface area contributed by atoms with Crippen molar-refractivity contribution in [3.8, 4) is 78.4 Å². The van der Waals surface area contributed by atoms with Gasteiger partial charge in [0.25, 0.3) is 0 Å². The van der Waals surface area contributed by atoms with Crippen LogP contribution in [0, 0.1) is 6.92 Å². The summed E-state index contributed by atoms with van der Waals surface area (Å²) in [6.07, 6.45) is 1.81. The van der Waals surface area contributed by atoms with Crippen LogP contribution >= 0.6 is 0 Å². The number of fused-ring (bicyclic) bond motifs is 2. The Labute approximate surface area is 312 Å². The molecule has 0 saturated carbocycles. The fourth-order valence-electron chi connectivity index (χ4n) is 8.10. The van der Waals surface area contributed by atoms with Gasteiger partial charge < -0.3 is 4.74 Å². The average Bonchev–Trinajstić information content (AvgIpc) is 3.21. The standard InChI is InChI=1S/C51H39NO/c1-34-26-31-43-49(53-50-44(51(43,2)3)25-16-32-52-50)45(34)39-27-29-40(30-28-39)48-46(37-21-12-6-13-22-37)41(35-17-8-4-9-18-35)33-42(36-19-10-5-11-20-36)47(48)38-23-14-7-15-24-38/h4-33H,1-3H3. The maximum atomic E-state index is 6.67. The molecular formula is C51H39NO. The van der Waals surface area contributed by atoms with Crippen LogP contribution in [-0.4, -0.2) is 4.98 Å². The molecule has 254 valence electrons. The number of hydrogen-bond acceptors (Lipinski definition) is 2. The molecule has 1 aliphatic rings. The molecular weight excluding hydrogens is 643 g/mol. The predicted octanol–water partition coefficient (Wildman–Crippen LogP) is 13.8. The van der Waals surface area contributed by atoms with E-state index in [2.05, 4.69) is 196 Å². The van der Waals surface area contributed by atoms with E-state index >= 15 is 0 Å². The van der Waals surface area contributed by atoms with Crippen molar-refractivity contribution in [3.63, 3.8) is 0 Å². The molecule has 0 amide bonds. The van der Waals surface area contributed by atoms with Gasteiger partial charge in [-0.05, 0) is 85.8 Å². The fraction of sp³-hybridized carbons (Fsp3) is 0.0784. The van der Waals surface area contributed by atoms with Crippen LogP contribution in [0.3, 0.4) is 0 Å². The van der Waals surface area contributed by atoms with E-state index in [-0.39, 0.29) is 5.41 Å². The third-order valence-electron chi connectivity index (χ3n) is 10.8. The first-order valence-electron chi connectivity index (χ1n) is 18.3. The average molecular weight is 682 g/mol. The van der Waals surface area contributed by atoms with Gasteiger partial charge in [0.2, 0.25) is 5.88 Å². The lowest BCUT2D eigenvalue weighted by atomic mass is 9.75. The molecule has 0 atom stereocenters. The topological polar surface area (TPSA) is 22.1 Å². The van der Waals surface area contributed by atoms with Gasteiger partial charge >= 0.3 is 0 Å². The summed E-state index contributed by atoms with van der Waals surface area (Å²) in [5.41, 5.74) is 17.3. The number of aromatic nitrogens is 1. The Morgan fingerprint density at radius 2 is 0.868 bits per heavy atom. The summed E-state index contributed by atoms with van der Waals surface area (Å²) in [7, 11) is 0. The maximum absolute atomic E-state index is 6.67. The predicted molar refractivity (Wildman–Crippen MR) is 220 cm³/mol. The zero-order chi connectivity index (χ0) is 35.9. The number of pyridine rings is 1. The van der Waals surface area contributed by atoms with Crippen LogP contribution in [0.5, 0.6) is 11.6 Å². The quantitative estimate of drug-likeness (QED) is 0.174. The van der Waals surface area contributed by atoms with Crippen molar-refractivity contribution in [1.82, 2.24) is 4.98 Å². The van der Waals surface area contributed by atoms with Gasteiger partial charge in [-0.1, -0.05) is 178 Å². The summed E-state index contributed by atoms with van der Waals surface area (Å²) in [4.78, 5) is 4.65. The molecule has 0 bridgehead atoms. The van der Waals surface area contributed by atoms with Gasteiger partial charge in [0.15, 0.2) is 0 Å². The highest BCUT2D eigenvalue weighted by Gasteiger charge is 2.36. The van der Waals surface area contributed by atoms with Crippen LogP contribution < -0.4 is 4.74 Å². The number of nitrogens with zero attached hydrogens (tertiary/aromatic N) is 1. The van der Waals surface area contributed by atoms with Crippen molar-refractivity contribution in [2.75, 3.05) is 0 Å². The number of hydrogen-bond donors (Lipinski definition) is 0. The van der Waals surface area contributed by atoms with Crippen LogP contribution in [0.4, 0.5) is 0 Å². The Hall–Kier alpha value is -6.51. The SMILES string of the molecule is Cc1ccc2c(c1-c1ccc(-c3c(-c4ccccc4)c(-c4ccccc4)cc(-c4ccccc4)c3-c3ccccc3)cc1)Oc1ncccc1C2(C)C. The van der Waals surface area contributed by atoms with E-state index in [0.717, 1.165) is 28.0 Å². The molecule has 8 aromatic rings. The summed E-state index contributed by atoms with van der Waals surface area (Å²) < 4.78 is 6.67. The Balaban J connectivity index is 1.32.